The van der Waals surface area contributed by atoms with Crippen molar-refractivity contribution in [1.82, 2.24) is 4.90 Å². The summed E-state index contributed by atoms with van der Waals surface area (Å²) in [6, 6.07) is 8.89. The first kappa shape index (κ1) is 15.4. The van der Waals surface area contributed by atoms with Gasteiger partial charge in [-0.05, 0) is 18.4 Å². The molecule has 114 valence electrons. The molecule has 2 rings (SSSR count). The minimum absolute atomic E-state index is 0.349. The summed E-state index contributed by atoms with van der Waals surface area (Å²) in [5.74, 6) is -0.419. The van der Waals surface area contributed by atoms with Gasteiger partial charge in [0.05, 0.1) is 13.7 Å². The van der Waals surface area contributed by atoms with Crippen molar-refractivity contribution in [1.29, 1.82) is 0 Å². The molecule has 0 saturated carbocycles. The van der Waals surface area contributed by atoms with Gasteiger partial charge in [0.25, 0.3) is 0 Å². The maximum Gasteiger partial charge on any atom is 0.411 e. The van der Waals surface area contributed by atoms with E-state index in [2.05, 4.69) is 6.92 Å². The third kappa shape index (κ3) is 3.54. The number of esters is 1. The van der Waals surface area contributed by atoms with E-state index in [9.17, 15) is 9.59 Å². The average molecular weight is 291 g/mol. The fourth-order valence-electron chi connectivity index (χ4n) is 2.54. The van der Waals surface area contributed by atoms with Crippen LogP contribution in [0.4, 0.5) is 4.79 Å². The molecule has 0 unspecified atom stereocenters. The summed E-state index contributed by atoms with van der Waals surface area (Å²) in [6.45, 7) is 2.41. The van der Waals surface area contributed by atoms with Crippen molar-refractivity contribution in [3.8, 4) is 0 Å². The van der Waals surface area contributed by atoms with Gasteiger partial charge in [-0.1, -0.05) is 43.7 Å². The molecule has 5 nitrogen and oxygen atoms in total. The third-order valence-electron chi connectivity index (χ3n) is 3.66. The first-order chi connectivity index (χ1) is 10.2. The van der Waals surface area contributed by atoms with Crippen molar-refractivity contribution >= 4 is 12.1 Å². The van der Waals surface area contributed by atoms with Crippen molar-refractivity contribution < 1.29 is 19.1 Å². The van der Waals surface area contributed by atoms with Gasteiger partial charge in [0.2, 0.25) is 0 Å². The maximum atomic E-state index is 12.1. The Kier molecular flexibility index (Phi) is 5.20. The number of cyclic esters (lactones) is 1. The van der Waals surface area contributed by atoms with Gasteiger partial charge in [0, 0.05) is 0 Å². The standard InChI is InChI=1S/C16H21NO4/c1-3-4-10-13-14(15(18)20-2)17(16(19)21-13)11-12-8-6-5-7-9-12/h5-9,13-14H,3-4,10-11H2,1-2H3/t13-,14+/m0/s1. The summed E-state index contributed by atoms with van der Waals surface area (Å²) >= 11 is 0. The molecule has 1 heterocycles. The molecule has 21 heavy (non-hydrogen) atoms. The lowest BCUT2D eigenvalue weighted by molar-refractivity contribution is -0.146. The smallest absolute Gasteiger partial charge is 0.411 e. The van der Waals surface area contributed by atoms with Gasteiger partial charge in [0.15, 0.2) is 6.04 Å². The first-order valence-electron chi connectivity index (χ1n) is 7.26. The van der Waals surface area contributed by atoms with Crippen LogP contribution < -0.4 is 0 Å². The Bertz CT molecular complexity index is 488. The number of hydrogen-bond donors (Lipinski definition) is 0. The second-order valence-corrected chi connectivity index (χ2v) is 5.15. The van der Waals surface area contributed by atoms with Gasteiger partial charge < -0.3 is 9.47 Å². The predicted molar refractivity (Wildman–Crippen MR) is 77.6 cm³/mol. The van der Waals surface area contributed by atoms with Crippen molar-refractivity contribution in [2.75, 3.05) is 7.11 Å². The van der Waals surface area contributed by atoms with E-state index in [1.54, 1.807) is 0 Å². The Morgan fingerprint density at radius 1 is 1.33 bits per heavy atom. The highest BCUT2D eigenvalue weighted by Gasteiger charge is 2.46. The highest BCUT2D eigenvalue weighted by atomic mass is 16.6. The van der Waals surface area contributed by atoms with Crippen LogP contribution in [0.2, 0.25) is 0 Å². The molecule has 0 N–H and O–H groups in total. The second kappa shape index (κ2) is 7.11. The topological polar surface area (TPSA) is 55.8 Å². The molecule has 0 bridgehead atoms. The number of hydrogen-bond acceptors (Lipinski definition) is 4. The Balaban J connectivity index is 2.16. The van der Waals surface area contributed by atoms with Crippen LogP contribution >= 0.6 is 0 Å². The van der Waals surface area contributed by atoms with E-state index in [0.717, 1.165) is 18.4 Å². The minimum atomic E-state index is -0.658. The van der Waals surface area contributed by atoms with Crippen molar-refractivity contribution in [2.24, 2.45) is 0 Å². The van der Waals surface area contributed by atoms with E-state index < -0.39 is 24.2 Å². The minimum Gasteiger partial charge on any atom is -0.467 e. The highest BCUT2D eigenvalue weighted by molar-refractivity contribution is 5.85. The van der Waals surface area contributed by atoms with Crippen LogP contribution in [-0.2, 0) is 20.8 Å². The SMILES string of the molecule is CCCC[C@@H]1OC(=O)N(Cc2ccccc2)[C@H]1C(=O)OC. The quantitative estimate of drug-likeness (QED) is 0.756. The Morgan fingerprint density at radius 3 is 2.67 bits per heavy atom. The molecule has 2 atom stereocenters. The third-order valence-corrected chi connectivity index (χ3v) is 3.66. The van der Waals surface area contributed by atoms with Crippen LogP contribution in [0, 0.1) is 0 Å². The zero-order valence-electron chi connectivity index (χ0n) is 12.5. The largest absolute Gasteiger partial charge is 0.467 e. The van der Waals surface area contributed by atoms with Crippen LogP contribution in [0.1, 0.15) is 31.7 Å². The van der Waals surface area contributed by atoms with E-state index in [1.165, 1.54) is 12.0 Å². The molecule has 0 spiro atoms. The monoisotopic (exact) mass is 291 g/mol. The van der Waals surface area contributed by atoms with Crippen LogP contribution in [0.15, 0.2) is 30.3 Å². The molecule has 1 aliphatic heterocycles. The van der Waals surface area contributed by atoms with Gasteiger partial charge in [-0.15, -0.1) is 0 Å². The summed E-state index contributed by atoms with van der Waals surface area (Å²) in [7, 11) is 1.34. The van der Waals surface area contributed by atoms with E-state index in [0.29, 0.717) is 13.0 Å². The first-order valence-corrected chi connectivity index (χ1v) is 7.26. The molecule has 1 aromatic rings. The molecule has 0 aliphatic carbocycles. The fourth-order valence-corrected chi connectivity index (χ4v) is 2.54. The van der Waals surface area contributed by atoms with E-state index in [4.69, 9.17) is 9.47 Å². The lowest BCUT2D eigenvalue weighted by Gasteiger charge is -2.22. The summed E-state index contributed by atoms with van der Waals surface area (Å²) < 4.78 is 10.2. The zero-order chi connectivity index (χ0) is 15.2. The van der Waals surface area contributed by atoms with Crippen molar-refractivity contribution in [2.45, 2.75) is 44.9 Å². The van der Waals surface area contributed by atoms with Gasteiger partial charge in [-0.25, -0.2) is 9.59 Å². The number of amides is 1. The summed E-state index contributed by atoms with van der Waals surface area (Å²) in [6.07, 6.45) is 1.70. The van der Waals surface area contributed by atoms with Crippen molar-refractivity contribution in [3.05, 3.63) is 35.9 Å². The second-order valence-electron chi connectivity index (χ2n) is 5.15. The van der Waals surface area contributed by atoms with Crippen LogP contribution in [-0.4, -0.2) is 36.2 Å². The number of nitrogens with zero attached hydrogens (tertiary/aromatic N) is 1. The van der Waals surface area contributed by atoms with E-state index in [1.807, 2.05) is 30.3 Å². The summed E-state index contributed by atoms with van der Waals surface area (Å²) in [5.41, 5.74) is 0.958. The summed E-state index contributed by atoms with van der Waals surface area (Å²) in [5, 5.41) is 0. The Labute approximate surface area is 124 Å². The molecule has 1 aromatic carbocycles. The van der Waals surface area contributed by atoms with Crippen LogP contribution in [0.5, 0.6) is 0 Å². The number of benzene rings is 1. The molecule has 1 amide bonds. The lowest BCUT2D eigenvalue weighted by atomic mass is 10.0. The number of carbonyl (C=O) groups excluding carboxylic acids is 2. The lowest BCUT2D eigenvalue weighted by Crippen LogP contribution is -2.43. The average Bonchev–Trinajstić information content (AvgIpc) is 2.81. The number of rotatable bonds is 6. The number of methoxy groups -OCH3 is 1. The molecule has 1 saturated heterocycles. The van der Waals surface area contributed by atoms with Gasteiger partial charge in [-0.3, -0.25) is 4.90 Å². The molecular weight excluding hydrogens is 270 g/mol. The van der Waals surface area contributed by atoms with Gasteiger partial charge in [-0.2, -0.15) is 0 Å². The molecule has 0 aromatic heterocycles. The number of unbranched alkanes of at least 4 members (excludes halogenated alkanes) is 1. The van der Waals surface area contributed by atoms with Gasteiger partial charge >= 0.3 is 12.1 Å². The molecule has 5 heteroatoms. The summed E-state index contributed by atoms with van der Waals surface area (Å²) in [4.78, 5) is 25.6. The van der Waals surface area contributed by atoms with Crippen molar-refractivity contribution in [3.63, 3.8) is 0 Å². The Morgan fingerprint density at radius 2 is 2.05 bits per heavy atom. The predicted octanol–water partition coefficient (Wildman–Crippen LogP) is 2.74. The molecule has 0 radical (unpaired) electrons. The highest BCUT2D eigenvalue weighted by Crippen LogP contribution is 2.26. The van der Waals surface area contributed by atoms with Crippen LogP contribution in [0.25, 0.3) is 0 Å². The Hall–Kier alpha value is -2.04. The molecular formula is C16H21NO4. The molecule has 1 aliphatic rings. The normalized spacial score (nSPS) is 21.2. The fraction of sp³-hybridized carbons (Fsp3) is 0.500. The zero-order valence-corrected chi connectivity index (χ0v) is 12.5. The number of ether oxygens (including phenoxy) is 2. The molecule has 1 fully saturated rings. The van der Waals surface area contributed by atoms with E-state index >= 15 is 0 Å². The van der Waals surface area contributed by atoms with Crippen LogP contribution in [0.3, 0.4) is 0 Å². The van der Waals surface area contributed by atoms with E-state index in [-0.39, 0.29) is 0 Å². The number of carbonyl (C=O) groups is 2. The van der Waals surface area contributed by atoms with Gasteiger partial charge in [0.1, 0.15) is 6.10 Å². The maximum absolute atomic E-state index is 12.1.